The van der Waals surface area contributed by atoms with Crippen LogP contribution in [-0.2, 0) is 9.59 Å². The molecule has 31 heavy (non-hydrogen) atoms. The standard InChI is InChI=1S/C25H34ClFN2O2/c1-18-7-13-22(14-8-18)28-25(31)24(20-9-11-21(27)12-10-20)29(23(30)17-26)16-15-19-5-3-2-4-6-19/h5,9-12,18,22,24H,2-4,6-8,13-17H2,1H3,(H,28,31). The van der Waals surface area contributed by atoms with Gasteiger partial charge in [0.05, 0.1) is 0 Å². The normalized spacial score (nSPS) is 22.4. The topological polar surface area (TPSA) is 49.4 Å². The van der Waals surface area contributed by atoms with Crippen molar-refractivity contribution >= 4 is 23.4 Å². The second-order valence-electron chi connectivity index (χ2n) is 9.00. The van der Waals surface area contributed by atoms with Gasteiger partial charge in [0, 0.05) is 12.6 Å². The monoisotopic (exact) mass is 448 g/mol. The molecule has 6 heteroatoms. The Bertz CT molecular complexity index is 772. The van der Waals surface area contributed by atoms with Gasteiger partial charge in [0.1, 0.15) is 17.7 Å². The molecule has 0 heterocycles. The molecule has 2 aliphatic carbocycles. The highest BCUT2D eigenvalue weighted by atomic mass is 35.5. The highest BCUT2D eigenvalue weighted by Gasteiger charge is 2.33. The van der Waals surface area contributed by atoms with Crippen molar-refractivity contribution in [1.29, 1.82) is 0 Å². The van der Waals surface area contributed by atoms with Crippen molar-refractivity contribution in [2.75, 3.05) is 12.4 Å². The number of halogens is 2. The molecule has 2 aliphatic rings. The van der Waals surface area contributed by atoms with Crippen molar-refractivity contribution in [2.45, 2.75) is 76.8 Å². The predicted molar refractivity (Wildman–Crippen MR) is 122 cm³/mol. The van der Waals surface area contributed by atoms with Crippen LogP contribution >= 0.6 is 11.6 Å². The molecule has 0 bridgehead atoms. The van der Waals surface area contributed by atoms with Crippen LogP contribution in [0.3, 0.4) is 0 Å². The molecular weight excluding hydrogens is 415 g/mol. The lowest BCUT2D eigenvalue weighted by atomic mass is 9.87. The van der Waals surface area contributed by atoms with Gasteiger partial charge in [-0.05, 0) is 81.4 Å². The maximum absolute atomic E-state index is 13.6. The molecule has 1 aromatic rings. The van der Waals surface area contributed by atoms with Gasteiger partial charge >= 0.3 is 0 Å². The van der Waals surface area contributed by atoms with Crippen molar-refractivity contribution in [1.82, 2.24) is 10.2 Å². The largest absolute Gasteiger partial charge is 0.351 e. The summed E-state index contributed by atoms with van der Waals surface area (Å²) in [6.07, 6.45) is 11.5. The second-order valence-corrected chi connectivity index (χ2v) is 9.27. The van der Waals surface area contributed by atoms with Crippen LogP contribution in [0.1, 0.15) is 76.3 Å². The molecule has 1 atom stereocenters. The van der Waals surface area contributed by atoms with Crippen molar-refractivity contribution in [3.63, 3.8) is 0 Å². The quantitative estimate of drug-likeness (QED) is 0.420. The van der Waals surface area contributed by atoms with E-state index in [1.807, 2.05) is 0 Å². The van der Waals surface area contributed by atoms with Crippen LogP contribution in [0.25, 0.3) is 0 Å². The fraction of sp³-hybridized carbons (Fsp3) is 0.600. The summed E-state index contributed by atoms with van der Waals surface area (Å²) < 4.78 is 13.6. The number of benzene rings is 1. The van der Waals surface area contributed by atoms with Gasteiger partial charge in [-0.2, -0.15) is 0 Å². The summed E-state index contributed by atoms with van der Waals surface area (Å²) in [5, 5.41) is 3.17. The van der Waals surface area contributed by atoms with E-state index >= 15 is 0 Å². The van der Waals surface area contributed by atoms with E-state index in [9.17, 15) is 14.0 Å². The summed E-state index contributed by atoms with van der Waals surface area (Å²) in [7, 11) is 0. The van der Waals surface area contributed by atoms with E-state index in [-0.39, 0.29) is 29.6 Å². The summed E-state index contributed by atoms with van der Waals surface area (Å²) in [4.78, 5) is 27.8. The number of hydrogen-bond donors (Lipinski definition) is 1. The van der Waals surface area contributed by atoms with E-state index in [4.69, 9.17) is 11.6 Å². The minimum atomic E-state index is -0.810. The predicted octanol–water partition coefficient (Wildman–Crippen LogP) is 5.52. The van der Waals surface area contributed by atoms with Crippen LogP contribution in [0.5, 0.6) is 0 Å². The number of allylic oxidation sites excluding steroid dienone is 1. The number of hydrogen-bond acceptors (Lipinski definition) is 2. The van der Waals surface area contributed by atoms with Crippen molar-refractivity contribution in [2.24, 2.45) is 5.92 Å². The van der Waals surface area contributed by atoms with E-state index in [0.29, 0.717) is 18.0 Å². The Balaban J connectivity index is 1.81. The molecule has 1 aromatic carbocycles. The van der Waals surface area contributed by atoms with Gasteiger partial charge < -0.3 is 10.2 Å². The van der Waals surface area contributed by atoms with E-state index in [0.717, 1.165) is 51.4 Å². The molecule has 1 unspecified atom stereocenters. The Hall–Kier alpha value is -1.88. The fourth-order valence-electron chi connectivity index (χ4n) is 4.67. The fourth-order valence-corrected chi connectivity index (χ4v) is 4.83. The number of rotatable bonds is 8. The number of carbonyl (C=O) groups excluding carboxylic acids is 2. The second kappa shape index (κ2) is 11.7. The first kappa shape index (κ1) is 23.8. The Kier molecular flexibility index (Phi) is 8.94. The van der Waals surface area contributed by atoms with Crippen molar-refractivity contribution < 1.29 is 14.0 Å². The third-order valence-electron chi connectivity index (χ3n) is 6.60. The SMILES string of the molecule is CC1CCC(NC(=O)C(c2ccc(F)cc2)N(CCC2=CCCCC2)C(=O)CCl)CC1. The molecule has 1 saturated carbocycles. The lowest BCUT2D eigenvalue weighted by Gasteiger charge is -2.34. The molecule has 0 aliphatic heterocycles. The molecule has 2 amide bonds. The zero-order valence-corrected chi connectivity index (χ0v) is 19.2. The summed E-state index contributed by atoms with van der Waals surface area (Å²) in [5.74, 6) is -0.363. The van der Waals surface area contributed by atoms with Crippen molar-refractivity contribution in [3.8, 4) is 0 Å². The van der Waals surface area contributed by atoms with Crippen LogP contribution in [0.4, 0.5) is 4.39 Å². The van der Waals surface area contributed by atoms with Crippen molar-refractivity contribution in [3.05, 3.63) is 47.3 Å². The van der Waals surface area contributed by atoms with Gasteiger partial charge in [-0.1, -0.05) is 30.7 Å². The number of nitrogens with zero attached hydrogens (tertiary/aromatic N) is 1. The molecule has 1 N–H and O–H groups in total. The molecule has 0 spiro atoms. The number of amides is 2. The van der Waals surface area contributed by atoms with E-state index in [1.165, 1.54) is 24.1 Å². The highest BCUT2D eigenvalue weighted by Crippen LogP contribution is 2.28. The Morgan fingerprint density at radius 1 is 1.16 bits per heavy atom. The summed E-state index contributed by atoms with van der Waals surface area (Å²) in [6, 6.07) is 5.17. The van der Waals surface area contributed by atoms with Crippen LogP contribution in [0, 0.1) is 11.7 Å². The molecular formula is C25H34ClFN2O2. The molecule has 4 nitrogen and oxygen atoms in total. The van der Waals surface area contributed by atoms with Gasteiger partial charge in [0.2, 0.25) is 11.8 Å². The molecule has 0 radical (unpaired) electrons. The van der Waals surface area contributed by atoms with Crippen LogP contribution in [-0.4, -0.2) is 35.2 Å². The highest BCUT2D eigenvalue weighted by molar-refractivity contribution is 6.27. The first-order valence-corrected chi connectivity index (χ1v) is 12.1. The Morgan fingerprint density at radius 3 is 2.48 bits per heavy atom. The third-order valence-corrected chi connectivity index (χ3v) is 6.83. The van der Waals surface area contributed by atoms with Crippen LogP contribution in [0.15, 0.2) is 35.9 Å². The molecule has 170 valence electrons. The minimum absolute atomic E-state index is 0.112. The van der Waals surface area contributed by atoms with Crippen LogP contribution < -0.4 is 5.32 Å². The van der Waals surface area contributed by atoms with E-state index in [1.54, 1.807) is 17.0 Å². The van der Waals surface area contributed by atoms with E-state index in [2.05, 4.69) is 18.3 Å². The average Bonchev–Trinajstić information content (AvgIpc) is 2.79. The molecule has 3 rings (SSSR count). The number of alkyl halides is 1. The average molecular weight is 449 g/mol. The summed E-state index contributed by atoms with van der Waals surface area (Å²) in [6.45, 7) is 2.66. The maximum Gasteiger partial charge on any atom is 0.247 e. The van der Waals surface area contributed by atoms with E-state index < -0.39 is 6.04 Å². The smallest absolute Gasteiger partial charge is 0.247 e. The zero-order valence-electron chi connectivity index (χ0n) is 18.4. The van der Waals surface area contributed by atoms with Gasteiger partial charge in [-0.3, -0.25) is 9.59 Å². The Morgan fingerprint density at radius 2 is 1.87 bits per heavy atom. The van der Waals surface area contributed by atoms with Gasteiger partial charge in [-0.15, -0.1) is 11.6 Å². The zero-order chi connectivity index (χ0) is 22.2. The number of carbonyl (C=O) groups is 2. The minimum Gasteiger partial charge on any atom is -0.351 e. The van der Waals surface area contributed by atoms with Gasteiger partial charge in [0.25, 0.3) is 0 Å². The number of nitrogens with one attached hydrogen (secondary N) is 1. The lowest BCUT2D eigenvalue weighted by molar-refractivity contribution is -0.139. The van der Waals surface area contributed by atoms with Gasteiger partial charge in [-0.25, -0.2) is 4.39 Å². The summed E-state index contributed by atoms with van der Waals surface area (Å²) in [5.41, 5.74) is 1.94. The summed E-state index contributed by atoms with van der Waals surface area (Å²) >= 11 is 5.94. The maximum atomic E-state index is 13.6. The Labute approximate surface area is 190 Å². The van der Waals surface area contributed by atoms with Gasteiger partial charge in [0.15, 0.2) is 0 Å². The first-order valence-electron chi connectivity index (χ1n) is 11.6. The molecule has 0 aromatic heterocycles. The van der Waals surface area contributed by atoms with Crippen LogP contribution in [0.2, 0.25) is 0 Å². The molecule has 0 saturated heterocycles. The lowest BCUT2D eigenvalue weighted by Crippen LogP contribution is -2.48. The molecule has 1 fully saturated rings. The first-order chi connectivity index (χ1) is 15.0. The third kappa shape index (κ3) is 6.80.